The van der Waals surface area contributed by atoms with Crippen LogP contribution in [0.4, 0.5) is 0 Å². The van der Waals surface area contributed by atoms with Crippen LogP contribution in [-0.4, -0.2) is 9.97 Å². The predicted molar refractivity (Wildman–Crippen MR) is 79.2 cm³/mol. The van der Waals surface area contributed by atoms with Crippen molar-refractivity contribution < 1.29 is 4.42 Å². The highest BCUT2D eigenvalue weighted by molar-refractivity contribution is 6.02. The smallest absolute Gasteiger partial charge is 0.138 e. The number of hydrogen-bond acceptors (Lipinski definition) is 2. The van der Waals surface area contributed by atoms with E-state index in [-0.39, 0.29) is 0 Å². The third-order valence-electron chi connectivity index (χ3n) is 3.44. The van der Waals surface area contributed by atoms with Crippen LogP contribution >= 0.6 is 0 Å². The Kier molecular flexibility index (Phi) is 2.42. The Morgan fingerprint density at radius 3 is 2.60 bits per heavy atom. The highest BCUT2D eigenvalue weighted by atomic mass is 16.3. The molecular weight excluding hydrogens is 248 g/mol. The van der Waals surface area contributed by atoms with Crippen molar-refractivity contribution in [3.63, 3.8) is 0 Å². The van der Waals surface area contributed by atoms with E-state index in [0.29, 0.717) is 0 Å². The van der Waals surface area contributed by atoms with Gasteiger partial charge < -0.3 is 9.40 Å². The molecule has 0 saturated heterocycles. The number of rotatable bonds is 2. The maximum atomic E-state index is 5.24. The molecule has 4 aromatic rings. The molecule has 0 saturated carbocycles. The highest BCUT2D eigenvalue weighted by Crippen LogP contribution is 2.37. The van der Waals surface area contributed by atoms with E-state index >= 15 is 0 Å². The van der Waals surface area contributed by atoms with Crippen LogP contribution in [0.1, 0.15) is 0 Å². The lowest BCUT2D eigenvalue weighted by atomic mass is 10.0. The molecule has 3 heterocycles. The Bertz CT molecular complexity index is 845. The normalized spacial score (nSPS) is 11.0. The van der Waals surface area contributed by atoms with E-state index in [0.717, 1.165) is 33.4 Å². The average Bonchev–Trinajstić information content (AvgIpc) is 3.14. The molecule has 0 amide bonds. The summed E-state index contributed by atoms with van der Waals surface area (Å²) in [5, 5.41) is 1.10. The summed E-state index contributed by atoms with van der Waals surface area (Å²) in [5.41, 5.74) is 5.29. The molecule has 96 valence electrons. The minimum absolute atomic E-state index is 0.891. The number of pyridine rings is 1. The number of H-pyrrole nitrogens is 1. The first-order valence-corrected chi connectivity index (χ1v) is 6.48. The fraction of sp³-hybridized carbons (Fsp3) is 0. The van der Waals surface area contributed by atoms with Crippen LogP contribution in [0.5, 0.6) is 0 Å². The van der Waals surface area contributed by atoms with Crippen molar-refractivity contribution in [1.82, 2.24) is 9.97 Å². The molecule has 1 N–H and O–H groups in total. The molecule has 3 heteroatoms. The number of hydrogen-bond donors (Lipinski definition) is 1. The number of aromatic amines is 1. The minimum Gasteiger partial charge on any atom is -0.472 e. The van der Waals surface area contributed by atoms with E-state index < -0.39 is 0 Å². The summed E-state index contributed by atoms with van der Waals surface area (Å²) in [4.78, 5) is 7.83. The van der Waals surface area contributed by atoms with E-state index in [4.69, 9.17) is 4.42 Å². The van der Waals surface area contributed by atoms with Crippen molar-refractivity contribution in [2.45, 2.75) is 0 Å². The van der Waals surface area contributed by atoms with Gasteiger partial charge in [-0.25, -0.2) is 4.98 Å². The van der Waals surface area contributed by atoms with E-state index in [1.54, 1.807) is 18.7 Å². The maximum Gasteiger partial charge on any atom is 0.138 e. The molecule has 0 aliphatic carbocycles. The van der Waals surface area contributed by atoms with Gasteiger partial charge in [0.05, 0.1) is 18.2 Å². The summed E-state index contributed by atoms with van der Waals surface area (Å²) in [5.74, 6) is 0. The molecule has 1 aromatic carbocycles. The van der Waals surface area contributed by atoms with Gasteiger partial charge >= 0.3 is 0 Å². The molecule has 0 atom stereocenters. The Morgan fingerprint density at radius 2 is 1.80 bits per heavy atom. The van der Waals surface area contributed by atoms with E-state index in [9.17, 15) is 0 Å². The molecule has 0 aliphatic rings. The third kappa shape index (κ3) is 1.64. The van der Waals surface area contributed by atoms with Crippen molar-refractivity contribution in [1.29, 1.82) is 0 Å². The van der Waals surface area contributed by atoms with Crippen molar-refractivity contribution in [2.24, 2.45) is 0 Å². The van der Waals surface area contributed by atoms with Crippen LogP contribution in [0.3, 0.4) is 0 Å². The molecule has 0 spiro atoms. The molecule has 20 heavy (non-hydrogen) atoms. The highest BCUT2D eigenvalue weighted by Gasteiger charge is 2.15. The standard InChI is InChI=1S/C17H12N2O/c1-2-5-12(6-3-1)16-15(13-8-10-20-11-13)14-7-4-9-18-17(14)19-16/h1-11H,(H,18,19). The van der Waals surface area contributed by atoms with Gasteiger partial charge in [0, 0.05) is 22.7 Å². The fourth-order valence-electron chi connectivity index (χ4n) is 2.55. The lowest BCUT2D eigenvalue weighted by Crippen LogP contribution is -1.80. The van der Waals surface area contributed by atoms with E-state index in [2.05, 4.69) is 28.2 Å². The first kappa shape index (κ1) is 11.1. The van der Waals surface area contributed by atoms with Crippen LogP contribution in [0, 0.1) is 0 Å². The summed E-state index contributed by atoms with van der Waals surface area (Å²) < 4.78 is 5.24. The van der Waals surface area contributed by atoms with Gasteiger partial charge in [0.2, 0.25) is 0 Å². The second-order valence-corrected chi connectivity index (χ2v) is 4.65. The number of fused-ring (bicyclic) bond motifs is 1. The van der Waals surface area contributed by atoms with E-state index in [1.807, 2.05) is 30.3 Å². The van der Waals surface area contributed by atoms with Gasteiger partial charge in [0.25, 0.3) is 0 Å². The Labute approximate surface area is 115 Å². The summed E-state index contributed by atoms with van der Waals surface area (Å²) in [6, 6.07) is 16.3. The largest absolute Gasteiger partial charge is 0.472 e. The number of nitrogens with zero attached hydrogens (tertiary/aromatic N) is 1. The molecule has 0 radical (unpaired) electrons. The van der Waals surface area contributed by atoms with Gasteiger partial charge in [-0.2, -0.15) is 0 Å². The molecule has 4 rings (SSSR count). The zero-order valence-corrected chi connectivity index (χ0v) is 10.7. The average molecular weight is 260 g/mol. The van der Waals surface area contributed by atoms with Crippen molar-refractivity contribution in [2.75, 3.05) is 0 Å². The lowest BCUT2D eigenvalue weighted by molar-refractivity contribution is 0.568. The molecular formula is C17H12N2O. The second kappa shape index (κ2) is 4.38. The second-order valence-electron chi connectivity index (χ2n) is 4.65. The topological polar surface area (TPSA) is 41.8 Å². The maximum absolute atomic E-state index is 5.24. The van der Waals surface area contributed by atoms with Crippen LogP contribution < -0.4 is 0 Å². The predicted octanol–water partition coefficient (Wildman–Crippen LogP) is 4.49. The van der Waals surface area contributed by atoms with Crippen molar-refractivity contribution in [3.8, 4) is 22.4 Å². The zero-order valence-electron chi connectivity index (χ0n) is 10.7. The summed E-state index contributed by atoms with van der Waals surface area (Å²) in [7, 11) is 0. The monoisotopic (exact) mass is 260 g/mol. The Morgan fingerprint density at radius 1 is 0.900 bits per heavy atom. The molecule has 0 unspecified atom stereocenters. The quantitative estimate of drug-likeness (QED) is 0.577. The molecule has 3 aromatic heterocycles. The number of benzene rings is 1. The van der Waals surface area contributed by atoms with Gasteiger partial charge in [0.1, 0.15) is 5.65 Å². The van der Waals surface area contributed by atoms with Crippen LogP contribution in [-0.2, 0) is 0 Å². The molecule has 0 bridgehead atoms. The lowest BCUT2D eigenvalue weighted by Gasteiger charge is -2.02. The van der Waals surface area contributed by atoms with Gasteiger partial charge in [-0.1, -0.05) is 30.3 Å². The minimum atomic E-state index is 0.891. The number of furan rings is 1. The number of aromatic nitrogens is 2. The molecule has 3 nitrogen and oxygen atoms in total. The first-order chi connectivity index (χ1) is 9.93. The van der Waals surface area contributed by atoms with E-state index in [1.165, 1.54) is 0 Å². The number of nitrogens with one attached hydrogen (secondary N) is 1. The summed E-state index contributed by atoms with van der Waals surface area (Å²) in [6.45, 7) is 0. The van der Waals surface area contributed by atoms with Crippen LogP contribution in [0.25, 0.3) is 33.4 Å². The molecule has 0 fully saturated rings. The van der Waals surface area contributed by atoms with Crippen LogP contribution in [0.15, 0.2) is 71.7 Å². The van der Waals surface area contributed by atoms with Gasteiger partial charge in [-0.3, -0.25) is 0 Å². The Hall–Kier alpha value is -2.81. The van der Waals surface area contributed by atoms with Gasteiger partial charge in [-0.05, 0) is 23.8 Å². The summed E-state index contributed by atoms with van der Waals surface area (Å²) in [6.07, 6.45) is 5.26. The van der Waals surface area contributed by atoms with Gasteiger partial charge in [0.15, 0.2) is 0 Å². The van der Waals surface area contributed by atoms with Crippen molar-refractivity contribution >= 4 is 11.0 Å². The molecule has 0 aliphatic heterocycles. The zero-order chi connectivity index (χ0) is 13.4. The first-order valence-electron chi connectivity index (χ1n) is 6.48. The third-order valence-corrected chi connectivity index (χ3v) is 3.44. The summed E-state index contributed by atoms with van der Waals surface area (Å²) >= 11 is 0. The fourth-order valence-corrected chi connectivity index (χ4v) is 2.55. The van der Waals surface area contributed by atoms with Crippen molar-refractivity contribution in [3.05, 3.63) is 67.3 Å². The van der Waals surface area contributed by atoms with Gasteiger partial charge in [-0.15, -0.1) is 0 Å². The Balaban J connectivity index is 2.08. The van der Waals surface area contributed by atoms with Crippen LogP contribution in [0.2, 0.25) is 0 Å². The SMILES string of the molecule is c1ccc(-c2[nH]c3ncccc3c2-c2ccoc2)cc1.